The molecule has 0 bridgehead atoms. The Bertz CT molecular complexity index is 2130. The number of benzene rings is 5. The van der Waals surface area contributed by atoms with Crippen molar-refractivity contribution >= 4 is 22.7 Å². The third kappa shape index (κ3) is 5.32. The third-order valence-electron chi connectivity index (χ3n) is 9.67. The van der Waals surface area contributed by atoms with Gasteiger partial charge >= 0.3 is 0 Å². The number of ether oxygens (including phenoxy) is 1. The molecule has 2 atom stereocenters. The fourth-order valence-corrected chi connectivity index (χ4v) is 7.53. The van der Waals surface area contributed by atoms with Gasteiger partial charge in [-0.1, -0.05) is 115 Å². The van der Waals surface area contributed by atoms with Gasteiger partial charge in [0.25, 0.3) is 0 Å². The highest BCUT2D eigenvalue weighted by Gasteiger charge is 2.32. The Morgan fingerprint density at radius 3 is 2.36 bits per heavy atom. The fraction of sp³-hybridized carbons (Fsp3) is 0.190. The molecule has 0 saturated carbocycles. The Kier molecular flexibility index (Phi) is 7.66. The maximum absolute atomic E-state index is 6.46. The van der Waals surface area contributed by atoms with Crippen LogP contribution in [0.4, 0.5) is 0 Å². The van der Waals surface area contributed by atoms with Gasteiger partial charge in [-0.3, -0.25) is 9.56 Å². The average Bonchev–Trinajstić information content (AvgIpc) is 3.46. The second-order valence-corrected chi connectivity index (χ2v) is 12.5. The van der Waals surface area contributed by atoms with E-state index < -0.39 is 0 Å². The summed E-state index contributed by atoms with van der Waals surface area (Å²) in [7, 11) is 1.96. The van der Waals surface area contributed by atoms with Crippen molar-refractivity contribution in [3.63, 3.8) is 0 Å². The van der Waals surface area contributed by atoms with Gasteiger partial charge in [-0.05, 0) is 66.5 Å². The standard InChI is InChI=1S/C42H38N4O/c1-28-40-32(20-13-21-35(40)34-19-10-12-23-39(34)47-28)31-24-25-38-36(26-31)33-18-9-11-22-37(33)46(38)42(43-2)45-41(30-16-7-4-8-17-30)44-27-29-14-5-3-6-15-29/h3-23,28,31H,24-27H2,1-2H3,(H,43,44,45)/t28-,31?/m0/s1. The first-order valence-electron chi connectivity index (χ1n) is 16.6. The van der Waals surface area contributed by atoms with Crippen molar-refractivity contribution in [3.8, 4) is 16.9 Å². The van der Waals surface area contributed by atoms with Crippen molar-refractivity contribution in [2.45, 2.75) is 44.8 Å². The number of nitrogens with one attached hydrogen (secondary N) is 1. The maximum atomic E-state index is 6.46. The summed E-state index contributed by atoms with van der Waals surface area (Å²) in [5.74, 6) is 2.87. The number of fused-ring (bicyclic) bond motifs is 6. The molecule has 5 nitrogen and oxygen atoms in total. The van der Waals surface area contributed by atoms with E-state index in [9.17, 15) is 0 Å². The Labute approximate surface area is 276 Å². The van der Waals surface area contributed by atoms with Crippen molar-refractivity contribution < 1.29 is 4.74 Å². The van der Waals surface area contributed by atoms with Crippen LogP contribution in [-0.4, -0.2) is 23.4 Å². The molecule has 0 fully saturated rings. The van der Waals surface area contributed by atoms with E-state index in [4.69, 9.17) is 14.7 Å². The van der Waals surface area contributed by atoms with Crippen molar-refractivity contribution in [1.29, 1.82) is 0 Å². The van der Waals surface area contributed by atoms with Crippen LogP contribution in [0.3, 0.4) is 0 Å². The molecular weight excluding hydrogens is 576 g/mol. The van der Waals surface area contributed by atoms with Gasteiger partial charge < -0.3 is 10.1 Å². The molecule has 1 N–H and O–H groups in total. The van der Waals surface area contributed by atoms with E-state index in [-0.39, 0.29) is 6.10 Å². The van der Waals surface area contributed by atoms with Crippen LogP contribution < -0.4 is 10.1 Å². The van der Waals surface area contributed by atoms with Crippen LogP contribution >= 0.6 is 0 Å². The minimum atomic E-state index is 0.00782. The van der Waals surface area contributed by atoms with Crippen LogP contribution in [0.2, 0.25) is 0 Å². The lowest BCUT2D eigenvalue weighted by Gasteiger charge is -2.32. The lowest BCUT2D eigenvalue weighted by atomic mass is 9.77. The molecule has 0 spiro atoms. The highest BCUT2D eigenvalue weighted by molar-refractivity contribution is 6.08. The number of hydrogen-bond acceptors (Lipinski definition) is 2. The first-order chi connectivity index (χ1) is 23.2. The molecule has 1 aromatic heterocycles. The molecule has 1 aliphatic carbocycles. The number of amidine groups is 1. The van der Waals surface area contributed by atoms with Crippen LogP contribution in [0.15, 0.2) is 137 Å². The Morgan fingerprint density at radius 1 is 0.809 bits per heavy atom. The van der Waals surface area contributed by atoms with Gasteiger partial charge in [0.2, 0.25) is 5.96 Å². The van der Waals surface area contributed by atoms with Gasteiger partial charge in [0.15, 0.2) is 5.84 Å². The van der Waals surface area contributed by atoms with Gasteiger partial charge in [-0.25, -0.2) is 0 Å². The molecule has 0 radical (unpaired) electrons. The van der Waals surface area contributed by atoms with Crippen molar-refractivity contribution in [2.24, 2.45) is 9.98 Å². The molecule has 1 aliphatic heterocycles. The first-order valence-corrected chi connectivity index (χ1v) is 16.6. The van der Waals surface area contributed by atoms with Crippen LogP contribution in [0.5, 0.6) is 5.75 Å². The van der Waals surface area contributed by atoms with Gasteiger partial charge in [0.05, 0.1) is 12.1 Å². The highest BCUT2D eigenvalue weighted by atomic mass is 16.5. The molecule has 8 rings (SSSR count). The number of hydrogen-bond donors (Lipinski definition) is 1. The third-order valence-corrected chi connectivity index (χ3v) is 9.67. The number of aromatic nitrogens is 1. The molecule has 6 aromatic rings. The van der Waals surface area contributed by atoms with Gasteiger partial charge in [0.1, 0.15) is 11.9 Å². The first kappa shape index (κ1) is 29.0. The zero-order valence-corrected chi connectivity index (χ0v) is 26.9. The zero-order chi connectivity index (χ0) is 31.7. The van der Waals surface area contributed by atoms with Crippen molar-refractivity contribution in [1.82, 2.24) is 9.88 Å². The predicted molar refractivity (Wildman–Crippen MR) is 193 cm³/mol. The highest BCUT2D eigenvalue weighted by Crippen LogP contribution is 2.47. The normalized spacial score (nSPS) is 17.4. The van der Waals surface area contributed by atoms with E-state index in [0.29, 0.717) is 18.3 Å². The minimum Gasteiger partial charge on any atom is -0.485 e. The van der Waals surface area contributed by atoms with E-state index in [0.717, 1.165) is 42.1 Å². The zero-order valence-electron chi connectivity index (χ0n) is 26.9. The molecule has 2 aliphatic rings. The smallest absolute Gasteiger partial charge is 0.209 e. The molecule has 0 amide bonds. The predicted octanol–water partition coefficient (Wildman–Crippen LogP) is 9.10. The van der Waals surface area contributed by atoms with Crippen LogP contribution in [0.25, 0.3) is 22.0 Å². The number of para-hydroxylation sites is 2. The topological polar surface area (TPSA) is 50.9 Å². The van der Waals surface area contributed by atoms with Crippen LogP contribution in [-0.2, 0) is 19.4 Å². The summed E-state index contributed by atoms with van der Waals surface area (Å²) in [6.07, 6.45) is 2.98. The second-order valence-electron chi connectivity index (χ2n) is 12.5. The van der Waals surface area contributed by atoms with E-state index in [2.05, 4.69) is 120 Å². The SMILES string of the molecule is CN/C(=N\C(=N/Cc1ccccc1)c1ccccc1)n1c2c(c3ccccc31)CC(c1cccc3c1[C@H](C)Oc1ccccc1-3)CC2. The molecule has 0 saturated heterocycles. The van der Waals surface area contributed by atoms with E-state index in [1.54, 1.807) is 0 Å². The van der Waals surface area contributed by atoms with E-state index in [1.807, 2.05) is 31.3 Å². The largest absolute Gasteiger partial charge is 0.485 e. The molecular formula is C42H38N4O. The lowest BCUT2D eigenvalue weighted by Crippen LogP contribution is -2.30. The average molecular weight is 615 g/mol. The quantitative estimate of drug-likeness (QED) is 0.159. The summed E-state index contributed by atoms with van der Waals surface area (Å²) in [6, 6.07) is 44.6. The van der Waals surface area contributed by atoms with Gasteiger partial charge in [-0.15, -0.1) is 0 Å². The molecule has 5 aromatic carbocycles. The minimum absolute atomic E-state index is 0.00782. The molecule has 1 unspecified atom stereocenters. The van der Waals surface area contributed by atoms with Crippen molar-refractivity contribution in [3.05, 3.63) is 161 Å². The number of nitrogens with zero attached hydrogens (tertiary/aromatic N) is 3. The van der Waals surface area contributed by atoms with E-state index in [1.165, 1.54) is 44.4 Å². The number of rotatable bonds is 4. The van der Waals surface area contributed by atoms with Gasteiger partial charge in [-0.2, -0.15) is 4.99 Å². The Hall–Kier alpha value is -5.42. The lowest BCUT2D eigenvalue weighted by molar-refractivity contribution is 0.221. The Balaban J connectivity index is 1.21. The molecule has 232 valence electrons. The number of aliphatic imine (C=N–C) groups is 2. The summed E-state index contributed by atoms with van der Waals surface area (Å²) in [4.78, 5) is 10.3. The maximum Gasteiger partial charge on any atom is 0.209 e. The Morgan fingerprint density at radius 2 is 1.53 bits per heavy atom. The summed E-state index contributed by atoms with van der Waals surface area (Å²) in [6.45, 7) is 2.75. The van der Waals surface area contributed by atoms with Crippen molar-refractivity contribution in [2.75, 3.05) is 7.05 Å². The van der Waals surface area contributed by atoms with Crippen LogP contribution in [0, 0.1) is 0 Å². The molecule has 5 heteroatoms. The summed E-state index contributed by atoms with van der Waals surface area (Å²) in [5, 5.41) is 4.75. The summed E-state index contributed by atoms with van der Waals surface area (Å²) in [5.41, 5.74) is 11.3. The molecule has 47 heavy (non-hydrogen) atoms. The van der Waals surface area contributed by atoms with E-state index >= 15 is 0 Å². The summed E-state index contributed by atoms with van der Waals surface area (Å²) < 4.78 is 8.80. The second kappa shape index (κ2) is 12.4. The van der Waals surface area contributed by atoms with Crippen LogP contribution in [0.1, 0.15) is 58.9 Å². The molecule has 2 heterocycles. The monoisotopic (exact) mass is 614 g/mol. The fourth-order valence-electron chi connectivity index (χ4n) is 7.53. The summed E-state index contributed by atoms with van der Waals surface area (Å²) >= 11 is 0. The van der Waals surface area contributed by atoms with Gasteiger partial charge in [0, 0.05) is 34.8 Å².